The molecule has 0 fully saturated rings. The van der Waals surface area contributed by atoms with E-state index in [2.05, 4.69) is 0 Å². The smallest absolute Gasteiger partial charge is 0.337 e. The molecule has 7 nitrogen and oxygen atoms in total. The Balaban J connectivity index is 3.40. The van der Waals surface area contributed by atoms with Crippen LogP contribution in [0.5, 0.6) is 0 Å². The van der Waals surface area contributed by atoms with Crippen LogP contribution in [0.1, 0.15) is 32.4 Å². The molecule has 0 bridgehead atoms. The fourth-order valence-corrected chi connectivity index (χ4v) is 1.25. The Bertz CT molecular complexity index is 491. The fraction of sp³-hybridized carbons (Fsp3) is 0.100. The molecule has 4 N–H and O–H groups in total. The molecule has 1 unspecified atom stereocenters. The average Bonchev–Trinajstić information content (AvgIpc) is 2.26. The van der Waals surface area contributed by atoms with Crippen molar-refractivity contribution in [3.05, 3.63) is 34.9 Å². The second-order valence-corrected chi connectivity index (χ2v) is 3.15. The predicted molar refractivity (Wildman–Crippen MR) is 53.0 cm³/mol. The summed E-state index contributed by atoms with van der Waals surface area (Å²) in [6.07, 6.45) is -2.08. The number of aliphatic hydroxyl groups is 1. The van der Waals surface area contributed by atoms with E-state index in [1.54, 1.807) is 0 Å². The first-order chi connectivity index (χ1) is 7.84. The van der Waals surface area contributed by atoms with Crippen LogP contribution in [-0.2, 0) is 4.79 Å². The molecule has 1 aromatic carbocycles. The van der Waals surface area contributed by atoms with Crippen molar-refractivity contribution >= 4 is 17.9 Å². The molecule has 17 heavy (non-hydrogen) atoms. The first-order valence-electron chi connectivity index (χ1n) is 4.36. The normalized spacial score (nSPS) is 11.8. The molecule has 7 heteroatoms. The lowest BCUT2D eigenvalue weighted by atomic mass is 9.99. The second kappa shape index (κ2) is 4.62. The number of carbonyl (C=O) groups is 3. The van der Waals surface area contributed by atoms with E-state index in [9.17, 15) is 19.5 Å². The fourth-order valence-electron chi connectivity index (χ4n) is 1.25. The van der Waals surface area contributed by atoms with Crippen molar-refractivity contribution in [3.8, 4) is 0 Å². The minimum absolute atomic E-state index is 0.301. The zero-order chi connectivity index (χ0) is 13.2. The van der Waals surface area contributed by atoms with Crippen molar-refractivity contribution in [1.82, 2.24) is 0 Å². The molecule has 1 atom stereocenters. The van der Waals surface area contributed by atoms with Crippen molar-refractivity contribution < 1.29 is 34.8 Å². The minimum atomic E-state index is -2.08. The third-order valence-corrected chi connectivity index (χ3v) is 2.06. The summed E-state index contributed by atoms with van der Waals surface area (Å²) in [5, 5.41) is 35.3. The molecule has 0 heterocycles. The summed E-state index contributed by atoms with van der Waals surface area (Å²) in [5.41, 5.74) is -1.22. The van der Waals surface area contributed by atoms with Crippen LogP contribution in [0.15, 0.2) is 18.2 Å². The lowest BCUT2D eigenvalue weighted by Crippen LogP contribution is -2.16. The number of aliphatic carboxylic acids is 1. The molecule has 0 aliphatic rings. The number of carboxylic acids is 3. The van der Waals surface area contributed by atoms with Crippen molar-refractivity contribution in [1.29, 1.82) is 0 Å². The van der Waals surface area contributed by atoms with Crippen molar-refractivity contribution in [2.45, 2.75) is 6.10 Å². The number of benzene rings is 1. The van der Waals surface area contributed by atoms with Crippen LogP contribution in [0.25, 0.3) is 0 Å². The summed E-state index contributed by atoms with van der Waals surface area (Å²) in [4.78, 5) is 32.0. The Morgan fingerprint density at radius 2 is 1.59 bits per heavy atom. The Morgan fingerprint density at radius 1 is 1.00 bits per heavy atom. The minimum Gasteiger partial charge on any atom is -0.479 e. The maximum absolute atomic E-state index is 10.8. The third kappa shape index (κ3) is 2.58. The van der Waals surface area contributed by atoms with Gasteiger partial charge in [0, 0.05) is 5.56 Å². The molecule has 0 aliphatic heterocycles. The van der Waals surface area contributed by atoms with E-state index in [0.29, 0.717) is 0 Å². The van der Waals surface area contributed by atoms with Gasteiger partial charge in [0.25, 0.3) is 0 Å². The van der Waals surface area contributed by atoms with Gasteiger partial charge in [0.15, 0.2) is 6.10 Å². The van der Waals surface area contributed by atoms with Crippen molar-refractivity contribution in [2.75, 3.05) is 0 Å². The van der Waals surface area contributed by atoms with E-state index in [-0.39, 0.29) is 5.56 Å². The molecule has 0 spiro atoms. The van der Waals surface area contributed by atoms with Crippen molar-refractivity contribution in [3.63, 3.8) is 0 Å². The Morgan fingerprint density at radius 3 is 2.00 bits per heavy atom. The van der Waals surface area contributed by atoms with E-state index in [4.69, 9.17) is 15.3 Å². The van der Waals surface area contributed by atoms with Gasteiger partial charge in [0.1, 0.15) is 0 Å². The zero-order valence-electron chi connectivity index (χ0n) is 8.32. The quantitative estimate of drug-likeness (QED) is 0.590. The maximum atomic E-state index is 10.8. The van der Waals surface area contributed by atoms with E-state index in [0.717, 1.165) is 18.2 Å². The van der Waals surface area contributed by atoms with Gasteiger partial charge >= 0.3 is 17.9 Å². The van der Waals surface area contributed by atoms with E-state index >= 15 is 0 Å². The number of hydrogen-bond acceptors (Lipinski definition) is 4. The molecule has 90 valence electrons. The van der Waals surface area contributed by atoms with Gasteiger partial charge in [-0.3, -0.25) is 0 Å². The summed E-state index contributed by atoms with van der Waals surface area (Å²) in [6, 6.07) is 2.78. The lowest BCUT2D eigenvalue weighted by Gasteiger charge is -2.10. The highest BCUT2D eigenvalue weighted by Gasteiger charge is 2.24. The monoisotopic (exact) mass is 240 g/mol. The van der Waals surface area contributed by atoms with Gasteiger partial charge in [-0.25, -0.2) is 14.4 Å². The molecular weight excluding hydrogens is 232 g/mol. The van der Waals surface area contributed by atoms with Gasteiger partial charge in [0.2, 0.25) is 0 Å². The van der Waals surface area contributed by atoms with Gasteiger partial charge in [-0.2, -0.15) is 0 Å². The van der Waals surface area contributed by atoms with Crippen LogP contribution in [0, 0.1) is 0 Å². The van der Waals surface area contributed by atoms with Crippen LogP contribution >= 0.6 is 0 Å². The average molecular weight is 240 g/mol. The van der Waals surface area contributed by atoms with Crippen LogP contribution in [0.4, 0.5) is 0 Å². The standard InChI is InChI=1S/C10H8O7/c11-7(10(16)17)6-3-4(8(12)13)1-2-5(6)9(14)15/h1-3,7,11H,(H,12,13)(H,14,15)(H,16,17). The largest absolute Gasteiger partial charge is 0.479 e. The van der Waals surface area contributed by atoms with Crippen molar-refractivity contribution in [2.24, 2.45) is 0 Å². The predicted octanol–water partition coefficient (Wildman–Crippen LogP) is 0.201. The molecule has 0 aliphatic carbocycles. The van der Waals surface area contributed by atoms with Crippen LogP contribution in [0.2, 0.25) is 0 Å². The van der Waals surface area contributed by atoms with Gasteiger partial charge < -0.3 is 20.4 Å². The van der Waals surface area contributed by atoms with Gasteiger partial charge in [-0.15, -0.1) is 0 Å². The summed E-state index contributed by atoms with van der Waals surface area (Å²) in [7, 11) is 0. The maximum Gasteiger partial charge on any atom is 0.337 e. The van der Waals surface area contributed by atoms with E-state index in [1.807, 2.05) is 0 Å². The number of rotatable bonds is 4. The number of aliphatic hydroxyl groups excluding tert-OH is 1. The van der Waals surface area contributed by atoms with Gasteiger partial charge in [-0.1, -0.05) is 0 Å². The third-order valence-electron chi connectivity index (χ3n) is 2.06. The van der Waals surface area contributed by atoms with Gasteiger partial charge in [-0.05, 0) is 18.2 Å². The summed E-state index contributed by atoms with van der Waals surface area (Å²) >= 11 is 0. The first kappa shape index (κ1) is 12.7. The van der Waals surface area contributed by atoms with E-state index in [1.165, 1.54) is 0 Å². The Kier molecular flexibility index (Phi) is 3.44. The van der Waals surface area contributed by atoms with Gasteiger partial charge in [0.05, 0.1) is 11.1 Å². The second-order valence-electron chi connectivity index (χ2n) is 3.15. The first-order valence-corrected chi connectivity index (χ1v) is 4.36. The molecule has 0 saturated carbocycles. The summed E-state index contributed by atoms with van der Waals surface area (Å²) < 4.78 is 0. The topological polar surface area (TPSA) is 132 Å². The van der Waals surface area contributed by atoms with Crippen LogP contribution in [0.3, 0.4) is 0 Å². The Hall–Kier alpha value is -2.41. The lowest BCUT2D eigenvalue weighted by molar-refractivity contribution is -0.146. The molecule has 0 amide bonds. The number of hydrogen-bond donors (Lipinski definition) is 4. The zero-order valence-corrected chi connectivity index (χ0v) is 8.32. The number of carboxylic acid groups (broad SMARTS) is 3. The SMILES string of the molecule is O=C(O)c1ccc(C(=O)O)c(C(O)C(=O)O)c1. The molecular formula is C10H8O7. The molecule has 1 aromatic rings. The molecule has 0 radical (unpaired) electrons. The molecule has 0 saturated heterocycles. The molecule has 0 aromatic heterocycles. The molecule has 1 rings (SSSR count). The highest BCUT2D eigenvalue weighted by atomic mass is 16.4. The highest BCUT2D eigenvalue weighted by molar-refractivity contribution is 5.95. The Labute approximate surface area is 94.6 Å². The summed E-state index contributed by atoms with van der Waals surface area (Å²) in [5.74, 6) is -4.45. The number of aromatic carboxylic acids is 2. The summed E-state index contributed by atoms with van der Waals surface area (Å²) in [6.45, 7) is 0. The highest BCUT2D eigenvalue weighted by Crippen LogP contribution is 2.20. The van der Waals surface area contributed by atoms with E-state index < -0.39 is 35.1 Å². The van der Waals surface area contributed by atoms with Crippen LogP contribution in [-0.4, -0.2) is 38.3 Å². The van der Waals surface area contributed by atoms with Crippen LogP contribution < -0.4 is 0 Å².